The average Bonchev–Trinajstić information content (AvgIpc) is 2.99. The van der Waals surface area contributed by atoms with Crippen molar-refractivity contribution >= 4 is 23.8 Å². The molecule has 4 rings (SSSR count). The van der Waals surface area contributed by atoms with Crippen molar-refractivity contribution in [3.8, 4) is 11.1 Å². The largest absolute Gasteiger partial charge is 0.465 e. The zero-order chi connectivity index (χ0) is 15.8. The number of carbonyl (C=O) groups excluding carboxylic acids is 1. The van der Waals surface area contributed by atoms with Crippen molar-refractivity contribution in [1.82, 2.24) is 4.31 Å². The van der Waals surface area contributed by atoms with Gasteiger partial charge in [-0.1, -0.05) is 18.2 Å². The highest BCUT2D eigenvalue weighted by Gasteiger charge is 2.28. The Labute approximate surface area is 139 Å². The summed E-state index contributed by atoms with van der Waals surface area (Å²) in [6, 6.07) is 13.9. The molecule has 5 heteroatoms. The zero-order valence-electron chi connectivity index (χ0n) is 12.8. The second-order valence-electron chi connectivity index (χ2n) is 5.54. The van der Waals surface area contributed by atoms with E-state index >= 15 is 0 Å². The number of fused-ring (bicyclic) bond motifs is 3. The highest BCUT2D eigenvalue weighted by atomic mass is 32.2. The van der Waals surface area contributed by atoms with Crippen LogP contribution in [0.2, 0.25) is 0 Å². The molecule has 0 saturated heterocycles. The minimum Gasteiger partial charge on any atom is -0.465 e. The summed E-state index contributed by atoms with van der Waals surface area (Å²) in [6.45, 7) is 1.96. The zero-order valence-corrected chi connectivity index (χ0v) is 13.6. The minimum absolute atomic E-state index is 0.311. The number of aliphatic imine (C=N–C) groups is 1. The van der Waals surface area contributed by atoms with Crippen LogP contribution in [-0.2, 0) is 4.74 Å². The first-order chi connectivity index (χ1) is 11.3. The second-order valence-corrected chi connectivity index (χ2v) is 6.60. The molecule has 116 valence electrons. The summed E-state index contributed by atoms with van der Waals surface area (Å²) in [7, 11) is 1.40. The van der Waals surface area contributed by atoms with Crippen molar-refractivity contribution in [3.63, 3.8) is 0 Å². The average molecular weight is 324 g/mol. The van der Waals surface area contributed by atoms with Gasteiger partial charge in [-0.15, -0.1) is 0 Å². The Kier molecular flexibility index (Phi) is 3.58. The lowest BCUT2D eigenvalue weighted by Crippen LogP contribution is -2.26. The SMILES string of the molecule is COC(=O)c1cccc(-c2ccc3c(c2)SN2CCCN=C32)c1. The van der Waals surface area contributed by atoms with E-state index in [1.807, 2.05) is 18.2 Å². The number of rotatable bonds is 2. The van der Waals surface area contributed by atoms with Crippen molar-refractivity contribution in [1.29, 1.82) is 0 Å². The van der Waals surface area contributed by atoms with Crippen molar-refractivity contribution in [2.24, 2.45) is 4.99 Å². The van der Waals surface area contributed by atoms with Crippen LogP contribution in [0.3, 0.4) is 0 Å². The van der Waals surface area contributed by atoms with E-state index in [2.05, 4.69) is 27.5 Å². The molecule has 2 aromatic rings. The van der Waals surface area contributed by atoms with Crippen LogP contribution in [0.1, 0.15) is 22.3 Å². The van der Waals surface area contributed by atoms with E-state index in [-0.39, 0.29) is 5.97 Å². The Hall–Kier alpha value is -2.27. The lowest BCUT2D eigenvalue weighted by Gasteiger charge is -2.20. The van der Waals surface area contributed by atoms with E-state index in [1.54, 1.807) is 18.0 Å². The van der Waals surface area contributed by atoms with Crippen LogP contribution >= 0.6 is 11.9 Å². The van der Waals surface area contributed by atoms with E-state index in [4.69, 9.17) is 4.74 Å². The summed E-state index contributed by atoms with van der Waals surface area (Å²) < 4.78 is 7.07. The lowest BCUT2D eigenvalue weighted by molar-refractivity contribution is 0.0601. The Morgan fingerprint density at radius 1 is 1.22 bits per heavy atom. The molecule has 0 unspecified atom stereocenters. The third kappa shape index (κ3) is 2.51. The predicted molar refractivity (Wildman–Crippen MR) is 91.8 cm³/mol. The fourth-order valence-corrected chi connectivity index (χ4v) is 4.05. The number of carbonyl (C=O) groups is 1. The minimum atomic E-state index is -0.311. The molecule has 2 heterocycles. The number of methoxy groups -OCH3 is 1. The van der Waals surface area contributed by atoms with Gasteiger partial charge in [0.25, 0.3) is 0 Å². The standard InChI is InChI=1S/C18H16N2O2S/c1-22-18(21)14-5-2-4-12(10-14)13-6-7-15-16(11-13)23-20-9-3-8-19-17(15)20/h2,4-7,10-11H,3,8-9H2,1H3. The molecule has 0 atom stereocenters. The Morgan fingerprint density at radius 2 is 2.09 bits per heavy atom. The van der Waals surface area contributed by atoms with Gasteiger partial charge in [-0.25, -0.2) is 4.79 Å². The van der Waals surface area contributed by atoms with Crippen molar-refractivity contribution in [2.75, 3.05) is 20.2 Å². The first-order valence-corrected chi connectivity index (χ1v) is 8.37. The quantitative estimate of drug-likeness (QED) is 0.625. The van der Waals surface area contributed by atoms with E-state index in [0.717, 1.165) is 36.5 Å². The summed E-state index contributed by atoms with van der Waals surface area (Å²) in [5.41, 5.74) is 3.90. The number of ether oxygens (including phenoxy) is 1. The summed E-state index contributed by atoms with van der Waals surface area (Å²) >= 11 is 1.75. The smallest absolute Gasteiger partial charge is 0.337 e. The van der Waals surface area contributed by atoms with Gasteiger partial charge in [0, 0.05) is 23.5 Å². The molecule has 4 nitrogen and oxygen atoms in total. The molecule has 23 heavy (non-hydrogen) atoms. The Balaban J connectivity index is 1.72. The van der Waals surface area contributed by atoms with Crippen LogP contribution < -0.4 is 0 Å². The van der Waals surface area contributed by atoms with Crippen LogP contribution in [0.15, 0.2) is 52.4 Å². The molecule has 0 spiro atoms. The van der Waals surface area contributed by atoms with Gasteiger partial charge in [0.2, 0.25) is 0 Å². The highest BCUT2D eigenvalue weighted by Crippen LogP contribution is 2.39. The number of hydrogen-bond acceptors (Lipinski definition) is 5. The molecule has 0 aromatic heterocycles. The fraction of sp³-hybridized carbons (Fsp3) is 0.222. The molecular weight excluding hydrogens is 308 g/mol. The van der Waals surface area contributed by atoms with Gasteiger partial charge in [0.15, 0.2) is 0 Å². The summed E-state index contributed by atoms with van der Waals surface area (Å²) in [6.07, 6.45) is 1.11. The van der Waals surface area contributed by atoms with Crippen LogP contribution in [0, 0.1) is 0 Å². The van der Waals surface area contributed by atoms with E-state index in [9.17, 15) is 4.79 Å². The van der Waals surface area contributed by atoms with Gasteiger partial charge in [0.1, 0.15) is 5.84 Å². The molecule has 2 aliphatic rings. The molecule has 0 saturated carbocycles. The topological polar surface area (TPSA) is 41.9 Å². The van der Waals surface area contributed by atoms with Crippen LogP contribution in [0.4, 0.5) is 0 Å². The fourth-order valence-electron chi connectivity index (χ4n) is 2.92. The molecule has 0 radical (unpaired) electrons. The molecule has 0 N–H and O–H groups in total. The lowest BCUT2D eigenvalue weighted by atomic mass is 10.0. The third-order valence-corrected chi connectivity index (χ3v) is 5.18. The van der Waals surface area contributed by atoms with E-state index in [0.29, 0.717) is 5.56 Å². The normalized spacial score (nSPS) is 15.7. The summed E-state index contributed by atoms with van der Waals surface area (Å²) in [4.78, 5) is 17.6. The van der Waals surface area contributed by atoms with Crippen LogP contribution in [0.25, 0.3) is 11.1 Å². The Bertz CT molecular complexity index is 816. The number of hydrogen-bond donors (Lipinski definition) is 0. The maximum absolute atomic E-state index is 11.7. The van der Waals surface area contributed by atoms with Crippen molar-refractivity contribution in [2.45, 2.75) is 11.3 Å². The first-order valence-electron chi connectivity index (χ1n) is 7.59. The van der Waals surface area contributed by atoms with E-state index in [1.165, 1.54) is 17.6 Å². The summed E-state index contributed by atoms with van der Waals surface area (Å²) in [5.74, 6) is 0.792. The Morgan fingerprint density at radius 3 is 2.96 bits per heavy atom. The molecule has 0 aliphatic carbocycles. The number of amidine groups is 1. The third-order valence-electron chi connectivity index (χ3n) is 4.07. The van der Waals surface area contributed by atoms with Gasteiger partial charge in [-0.2, -0.15) is 0 Å². The van der Waals surface area contributed by atoms with Crippen molar-refractivity contribution < 1.29 is 9.53 Å². The first kappa shape index (κ1) is 14.3. The van der Waals surface area contributed by atoms with Gasteiger partial charge >= 0.3 is 5.97 Å². The monoisotopic (exact) mass is 324 g/mol. The maximum Gasteiger partial charge on any atom is 0.337 e. The second kappa shape index (κ2) is 5.74. The molecule has 0 fully saturated rings. The molecule has 2 aliphatic heterocycles. The van der Waals surface area contributed by atoms with Gasteiger partial charge in [0.05, 0.1) is 12.7 Å². The number of nitrogens with zero attached hydrogens (tertiary/aromatic N) is 2. The number of benzene rings is 2. The maximum atomic E-state index is 11.7. The van der Waals surface area contributed by atoms with Crippen LogP contribution in [-0.4, -0.2) is 36.3 Å². The summed E-state index contributed by atoms with van der Waals surface area (Å²) in [5, 5.41) is 0. The molecule has 0 bridgehead atoms. The van der Waals surface area contributed by atoms with Crippen molar-refractivity contribution in [3.05, 3.63) is 53.6 Å². The van der Waals surface area contributed by atoms with Gasteiger partial charge < -0.3 is 4.74 Å². The predicted octanol–water partition coefficient (Wildman–Crippen LogP) is 3.61. The van der Waals surface area contributed by atoms with Crippen LogP contribution in [0.5, 0.6) is 0 Å². The van der Waals surface area contributed by atoms with E-state index < -0.39 is 0 Å². The molecular formula is C18H16N2O2S. The molecule has 2 aromatic carbocycles. The van der Waals surface area contributed by atoms with Gasteiger partial charge in [-0.3, -0.25) is 9.30 Å². The number of esters is 1. The molecule has 0 amide bonds. The van der Waals surface area contributed by atoms with Gasteiger partial charge in [-0.05, 0) is 53.8 Å². The highest BCUT2D eigenvalue weighted by molar-refractivity contribution is 7.98.